The molecule has 2 aliphatic heterocycles. The van der Waals surface area contributed by atoms with Crippen LogP contribution in [0.3, 0.4) is 0 Å². The number of ketones is 2. The van der Waals surface area contributed by atoms with Crippen molar-refractivity contribution in [2.45, 2.75) is 87.2 Å². The zero-order valence-corrected chi connectivity index (χ0v) is 31.2. The van der Waals surface area contributed by atoms with Gasteiger partial charge in [0.15, 0.2) is 17.3 Å². The van der Waals surface area contributed by atoms with Crippen LogP contribution in [-0.2, 0) is 9.57 Å². The molecule has 8 heteroatoms. The highest BCUT2D eigenvalue weighted by Gasteiger charge is 2.32. The molecule has 2 aromatic carbocycles. The quantitative estimate of drug-likeness (QED) is 0.257. The van der Waals surface area contributed by atoms with Crippen LogP contribution in [-0.4, -0.2) is 54.0 Å². The lowest BCUT2D eigenvalue weighted by Gasteiger charge is -2.36. The highest BCUT2D eigenvalue weighted by Crippen LogP contribution is 2.34. The fourth-order valence-electron chi connectivity index (χ4n) is 5.71. The highest BCUT2D eigenvalue weighted by atomic mass is 16.6. The van der Waals surface area contributed by atoms with Crippen molar-refractivity contribution in [3.8, 4) is 0 Å². The summed E-state index contributed by atoms with van der Waals surface area (Å²) in [7, 11) is 0. The number of hydrogen-bond donors (Lipinski definition) is 2. The summed E-state index contributed by atoms with van der Waals surface area (Å²) >= 11 is 0. The molecule has 5 rings (SSSR count). The van der Waals surface area contributed by atoms with Gasteiger partial charge in [-0.25, -0.2) is 0 Å². The van der Waals surface area contributed by atoms with E-state index in [1.165, 1.54) is 6.42 Å². The predicted molar refractivity (Wildman–Crippen MR) is 205 cm³/mol. The molecule has 1 unspecified atom stereocenters. The minimum absolute atomic E-state index is 0.00833. The van der Waals surface area contributed by atoms with Crippen LogP contribution in [0.5, 0.6) is 0 Å². The fraction of sp³-hybridized carbons (Fsp3) is 0.439. The molecule has 3 aliphatic rings. The summed E-state index contributed by atoms with van der Waals surface area (Å²) in [5.41, 5.74) is 5.45. The SMILES string of the molecule is C=C1O/N=C2\CC(=C(Nc3cccc(C(C)=O)c3)C=C2N2CCCC(C)C2)C(=O)c2ccccc21.C=CNCC(C)(C)OCC.CC.CC. The summed E-state index contributed by atoms with van der Waals surface area (Å²) in [5, 5.41) is 10.9. The Labute approximate surface area is 295 Å². The molecule has 266 valence electrons. The summed E-state index contributed by atoms with van der Waals surface area (Å²) in [6.07, 6.45) is 6.33. The van der Waals surface area contributed by atoms with E-state index in [1.807, 2.05) is 90.9 Å². The molecule has 1 fully saturated rings. The van der Waals surface area contributed by atoms with Gasteiger partial charge in [-0.2, -0.15) is 0 Å². The number of carbonyl (C=O) groups is 2. The van der Waals surface area contributed by atoms with Crippen LogP contribution < -0.4 is 10.6 Å². The van der Waals surface area contributed by atoms with E-state index >= 15 is 0 Å². The lowest BCUT2D eigenvalue weighted by Crippen LogP contribution is -2.38. The van der Waals surface area contributed by atoms with Crippen LogP contribution in [0.4, 0.5) is 5.69 Å². The Morgan fingerprint density at radius 2 is 1.82 bits per heavy atom. The van der Waals surface area contributed by atoms with Gasteiger partial charge >= 0.3 is 0 Å². The van der Waals surface area contributed by atoms with Gasteiger partial charge < -0.3 is 25.1 Å². The van der Waals surface area contributed by atoms with E-state index in [2.05, 4.69) is 40.8 Å². The van der Waals surface area contributed by atoms with E-state index in [1.54, 1.807) is 25.3 Å². The summed E-state index contributed by atoms with van der Waals surface area (Å²) < 4.78 is 5.42. The second-order valence-electron chi connectivity index (χ2n) is 12.3. The zero-order chi connectivity index (χ0) is 36.6. The maximum absolute atomic E-state index is 13.9. The number of allylic oxidation sites excluding steroid dienone is 3. The Morgan fingerprint density at radius 1 is 1.12 bits per heavy atom. The maximum Gasteiger partial charge on any atom is 0.192 e. The molecule has 2 heterocycles. The smallest absolute Gasteiger partial charge is 0.192 e. The number of carbonyl (C=O) groups excluding carboxylic acids is 2. The topological polar surface area (TPSA) is 92.3 Å². The Balaban J connectivity index is 0.000000510. The van der Waals surface area contributed by atoms with E-state index in [0.717, 1.165) is 49.8 Å². The average molecular weight is 671 g/mol. The van der Waals surface area contributed by atoms with E-state index in [4.69, 9.17) is 9.57 Å². The van der Waals surface area contributed by atoms with Gasteiger partial charge in [0.05, 0.1) is 11.3 Å². The zero-order valence-electron chi connectivity index (χ0n) is 31.2. The van der Waals surface area contributed by atoms with Gasteiger partial charge in [0.25, 0.3) is 0 Å². The summed E-state index contributed by atoms with van der Waals surface area (Å²) in [5.74, 6) is 0.820. The molecule has 0 radical (unpaired) electrons. The molecule has 1 atom stereocenters. The first-order valence-corrected chi connectivity index (χ1v) is 17.7. The minimum atomic E-state index is -0.0903. The number of nitrogens with one attached hydrogen (secondary N) is 2. The molecule has 1 saturated heterocycles. The minimum Gasteiger partial charge on any atom is -0.388 e. The number of anilines is 1. The number of fused-ring (bicyclic) bond motifs is 3. The van der Waals surface area contributed by atoms with Crippen molar-refractivity contribution >= 4 is 28.7 Å². The van der Waals surface area contributed by atoms with Crippen molar-refractivity contribution in [3.63, 3.8) is 0 Å². The highest BCUT2D eigenvalue weighted by molar-refractivity contribution is 6.18. The third-order valence-electron chi connectivity index (χ3n) is 8.01. The Bertz CT molecular complexity index is 1540. The molecule has 1 aliphatic carbocycles. The molecule has 2 bridgehead atoms. The molecule has 0 saturated carbocycles. The Hall–Kier alpha value is -4.43. The largest absolute Gasteiger partial charge is 0.388 e. The molecule has 8 nitrogen and oxygen atoms in total. The van der Waals surface area contributed by atoms with Crippen molar-refractivity contribution in [2.24, 2.45) is 11.1 Å². The molecule has 49 heavy (non-hydrogen) atoms. The monoisotopic (exact) mass is 670 g/mol. The molecular weight excluding hydrogens is 612 g/mol. The number of likely N-dealkylation sites (tertiary alicyclic amines) is 1. The van der Waals surface area contributed by atoms with Crippen molar-refractivity contribution in [1.29, 1.82) is 0 Å². The third-order valence-corrected chi connectivity index (χ3v) is 8.01. The van der Waals surface area contributed by atoms with Gasteiger partial charge in [-0.15, -0.1) is 0 Å². The van der Waals surface area contributed by atoms with Crippen molar-refractivity contribution in [1.82, 2.24) is 10.2 Å². The van der Waals surface area contributed by atoms with Crippen LogP contribution in [0, 0.1) is 5.92 Å². The van der Waals surface area contributed by atoms with Gasteiger partial charge in [-0.1, -0.05) is 89.3 Å². The lowest BCUT2D eigenvalue weighted by atomic mass is 9.88. The van der Waals surface area contributed by atoms with Gasteiger partial charge in [-0.3, -0.25) is 9.59 Å². The van der Waals surface area contributed by atoms with Crippen molar-refractivity contribution in [2.75, 3.05) is 31.6 Å². The van der Waals surface area contributed by atoms with E-state index in [-0.39, 0.29) is 17.2 Å². The van der Waals surface area contributed by atoms with Crippen molar-refractivity contribution in [3.05, 3.63) is 108 Å². The van der Waals surface area contributed by atoms with Gasteiger partial charge in [0, 0.05) is 66.3 Å². The van der Waals surface area contributed by atoms with E-state index < -0.39 is 0 Å². The van der Waals surface area contributed by atoms with Crippen LogP contribution in [0.25, 0.3) is 5.76 Å². The summed E-state index contributed by atoms with van der Waals surface area (Å²) in [4.78, 5) is 33.9. The van der Waals surface area contributed by atoms with Crippen LogP contribution in [0.1, 0.15) is 108 Å². The Morgan fingerprint density at radius 3 is 2.45 bits per heavy atom. The predicted octanol–water partition coefficient (Wildman–Crippen LogP) is 9.40. The first-order chi connectivity index (χ1) is 23.5. The number of hydrogen-bond acceptors (Lipinski definition) is 8. The maximum atomic E-state index is 13.9. The van der Waals surface area contributed by atoms with E-state index in [0.29, 0.717) is 46.1 Å². The number of rotatable bonds is 9. The number of piperidine rings is 1. The van der Waals surface area contributed by atoms with Crippen molar-refractivity contribution < 1.29 is 19.2 Å². The molecule has 0 spiro atoms. The third kappa shape index (κ3) is 11.6. The summed E-state index contributed by atoms with van der Waals surface area (Å²) in [6.45, 7) is 28.9. The second-order valence-corrected chi connectivity index (χ2v) is 12.3. The van der Waals surface area contributed by atoms with Gasteiger partial charge in [0.1, 0.15) is 5.71 Å². The van der Waals surface area contributed by atoms with Gasteiger partial charge in [0.2, 0.25) is 0 Å². The first kappa shape index (κ1) is 40.7. The molecular formula is C41H58N4O4. The van der Waals surface area contributed by atoms with E-state index in [9.17, 15) is 9.59 Å². The first-order valence-electron chi connectivity index (χ1n) is 17.7. The number of ether oxygens (including phenoxy) is 1. The van der Waals surface area contributed by atoms with Crippen LogP contribution in [0.15, 0.2) is 96.1 Å². The second kappa shape index (κ2) is 20.2. The molecule has 2 N–H and O–H groups in total. The molecule has 0 aromatic heterocycles. The standard InChI is InChI=1S/C29H29N3O3.C8H17NO.2C2H6/c1-18-8-7-13-32(17-18)28-16-26(30-22-10-6-9-21(14-22)19(2)33)25-15-27(28)31-35-20(3)23-11-4-5-12-24(23)29(25)34;1-5-9-7-8(3,4)10-6-2;2*1-2/h4-6,9-12,14,16,18,30H,3,7-8,13,15,17H2,1-2H3;5,9H,1,6-7H2,2-4H3;2*1-2H3/b31-27+;;;. The van der Waals surface area contributed by atoms with Crippen LogP contribution in [0.2, 0.25) is 0 Å². The number of benzene rings is 2. The normalized spacial score (nSPS) is 17.9. The molecule has 0 amide bonds. The number of Topliss-reactive ketones (excluding diaryl/α,β-unsaturated/α-hetero) is 2. The lowest BCUT2D eigenvalue weighted by molar-refractivity contribution is -0.00657. The van der Waals surface area contributed by atoms with Crippen LogP contribution >= 0.6 is 0 Å². The van der Waals surface area contributed by atoms with Gasteiger partial charge in [-0.05, 0) is 70.9 Å². The summed E-state index contributed by atoms with van der Waals surface area (Å²) in [6, 6.07) is 14.7. The average Bonchev–Trinajstić information content (AvgIpc) is 3.15. The number of oxime groups is 1. The fourth-order valence-corrected chi connectivity index (χ4v) is 5.71. The Kier molecular flexibility index (Phi) is 16.8. The molecule has 2 aromatic rings. The number of nitrogens with zero attached hydrogens (tertiary/aromatic N) is 2.